The molecule has 2 aromatic rings. The summed E-state index contributed by atoms with van der Waals surface area (Å²) in [5.74, 6) is 0.0340. The Kier molecular flexibility index (Phi) is 8.04. The topological polar surface area (TPSA) is 48.8 Å². The van der Waals surface area contributed by atoms with E-state index in [4.69, 9.17) is 0 Å². The molecule has 1 unspecified atom stereocenters. The zero-order valence-electron chi connectivity index (χ0n) is 19.4. The van der Waals surface area contributed by atoms with Gasteiger partial charge in [-0.1, -0.05) is 44.2 Å². The molecule has 6 heteroatoms. The van der Waals surface area contributed by atoms with Gasteiger partial charge in [-0.3, -0.25) is 9.59 Å². The van der Waals surface area contributed by atoms with Gasteiger partial charge >= 0.3 is 0 Å². The summed E-state index contributed by atoms with van der Waals surface area (Å²) in [7, 11) is 4.07. The molecular formula is C25H36N4O2. The van der Waals surface area contributed by atoms with E-state index in [1.165, 1.54) is 0 Å². The molecule has 0 fully saturated rings. The monoisotopic (exact) mass is 424 g/mol. The molecule has 0 saturated heterocycles. The number of hydrogen-bond acceptors (Lipinski definition) is 4. The molecule has 31 heavy (non-hydrogen) atoms. The number of benzene rings is 1. The number of carbonyl (C=O) groups is 2. The second-order valence-corrected chi connectivity index (χ2v) is 8.49. The van der Waals surface area contributed by atoms with Gasteiger partial charge in [-0.2, -0.15) is 0 Å². The molecule has 0 N–H and O–H groups in total. The molecule has 0 radical (unpaired) electrons. The molecule has 1 atom stereocenters. The summed E-state index contributed by atoms with van der Waals surface area (Å²) >= 11 is 0. The zero-order chi connectivity index (χ0) is 22.4. The van der Waals surface area contributed by atoms with Crippen LogP contribution < -0.4 is 0 Å². The van der Waals surface area contributed by atoms with Crippen LogP contribution in [0.5, 0.6) is 0 Å². The van der Waals surface area contributed by atoms with Gasteiger partial charge in [0.1, 0.15) is 0 Å². The first-order chi connectivity index (χ1) is 15.0. The van der Waals surface area contributed by atoms with Crippen LogP contribution in [0.2, 0.25) is 0 Å². The third-order valence-corrected chi connectivity index (χ3v) is 6.29. The minimum atomic E-state index is -0.170. The van der Waals surface area contributed by atoms with E-state index < -0.39 is 0 Å². The standard InChI is InChI=1S/C25H36N4O2/c1-5-27(6-2)17-19-28(18-16-26(3)4)25(31)21-14-15-29-22(21)12-13-23(29)24(30)20-10-8-7-9-11-20/h7-13,21H,5-6,14-19H2,1-4H3. The quantitative estimate of drug-likeness (QED) is 0.521. The van der Waals surface area contributed by atoms with Crippen molar-refractivity contribution in [3.8, 4) is 0 Å². The Bertz CT molecular complexity index is 871. The molecule has 0 aliphatic carbocycles. The smallest absolute Gasteiger partial charge is 0.231 e. The van der Waals surface area contributed by atoms with Crippen LogP contribution in [-0.4, -0.2) is 84.3 Å². The minimum absolute atomic E-state index is 0.0194. The maximum absolute atomic E-state index is 13.5. The molecule has 0 saturated carbocycles. The Hall–Kier alpha value is -2.44. The fourth-order valence-corrected chi connectivity index (χ4v) is 4.30. The summed E-state index contributed by atoms with van der Waals surface area (Å²) in [5.41, 5.74) is 2.34. The second kappa shape index (κ2) is 10.7. The van der Waals surface area contributed by atoms with Crippen LogP contribution in [0.1, 0.15) is 47.9 Å². The van der Waals surface area contributed by atoms with E-state index in [-0.39, 0.29) is 17.6 Å². The summed E-state index contributed by atoms with van der Waals surface area (Å²) < 4.78 is 2.05. The van der Waals surface area contributed by atoms with Crippen LogP contribution >= 0.6 is 0 Å². The first kappa shape index (κ1) is 23.2. The SMILES string of the molecule is CCN(CC)CCN(CCN(C)C)C(=O)C1CCn2c(C(=O)c3ccccc3)ccc21. The summed E-state index contributed by atoms with van der Waals surface area (Å²) in [6.45, 7) is 10.2. The van der Waals surface area contributed by atoms with Crippen LogP contribution in [0.25, 0.3) is 0 Å². The van der Waals surface area contributed by atoms with E-state index in [2.05, 4.69) is 23.6 Å². The summed E-state index contributed by atoms with van der Waals surface area (Å²) in [5, 5.41) is 0. The summed E-state index contributed by atoms with van der Waals surface area (Å²) in [6, 6.07) is 13.2. The highest BCUT2D eigenvalue weighted by Crippen LogP contribution is 2.33. The van der Waals surface area contributed by atoms with E-state index in [0.717, 1.165) is 51.4 Å². The molecule has 1 aromatic carbocycles. The lowest BCUT2D eigenvalue weighted by atomic mass is 10.0. The Morgan fingerprint density at radius 1 is 0.935 bits per heavy atom. The van der Waals surface area contributed by atoms with Gasteiger partial charge < -0.3 is 19.3 Å². The molecule has 1 aromatic heterocycles. The number of likely N-dealkylation sites (N-methyl/N-ethyl adjacent to an activating group) is 2. The van der Waals surface area contributed by atoms with Crippen molar-refractivity contribution >= 4 is 11.7 Å². The van der Waals surface area contributed by atoms with E-state index in [1.807, 2.05) is 66.0 Å². The van der Waals surface area contributed by atoms with E-state index >= 15 is 0 Å². The Morgan fingerprint density at radius 3 is 2.26 bits per heavy atom. The second-order valence-electron chi connectivity index (χ2n) is 8.49. The molecule has 3 rings (SSSR count). The van der Waals surface area contributed by atoms with Crippen molar-refractivity contribution in [2.45, 2.75) is 32.7 Å². The molecule has 6 nitrogen and oxygen atoms in total. The molecule has 0 spiro atoms. The van der Waals surface area contributed by atoms with Crippen LogP contribution in [0.4, 0.5) is 0 Å². The van der Waals surface area contributed by atoms with Crippen LogP contribution in [0, 0.1) is 0 Å². The van der Waals surface area contributed by atoms with Gasteiger partial charge in [0.05, 0.1) is 11.6 Å². The fourth-order valence-electron chi connectivity index (χ4n) is 4.30. The highest BCUT2D eigenvalue weighted by atomic mass is 16.2. The predicted octanol–water partition coefficient (Wildman–Crippen LogP) is 2.94. The molecule has 2 heterocycles. The molecule has 1 amide bonds. The van der Waals surface area contributed by atoms with Crippen molar-refractivity contribution in [3.05, 3.63) is 59.4 Å². The first-order valence-corrected chi connectivity index (χ1v) is 11.4. The van der Waals surface area contributed by atoms with Crippen LogP contribution in [0.15, 0.2) is 42.5 Å². The van der Waals surface area contributed by atoms with Crippen LogP contribution in [-0.2, 0) is 11.3 Å². The Balaban J connectivity index is 1.77. The average molecular weight is 425 g/mol. The third kappa shape index (κ3) is 5.43. The maximum atomic E-state index is 13.5. The molecule has 1 aliphatic rings. The van der Waals surface area contributed by atoms with Gasteiger partial charge in [-0.05, 0) is 45.7 Å². The Morgan fingerprint density at radius 2 is 1.61 bits per heavy atom. The number of ketones is 1. The van der Waals surface area contributed by atoms with Crippen molar-refractivity contribution in [2.24, 2.45) is 0 Å². The highest BCUT2D eigenvalue weighted by molar-refractivity contribution is 6.08. The minimum Gasteiger partial charge on any atom is -0.341 e. The summed E-state index contributed by atoms with van der Waals surface area (Å²) in [6.07, 6.45) is 0.758. The lowest BCUT2D eigenvalue weighted by Gasteiger charge is -2.29. The van der Waals surface area contributed by atoms with Gasteiger partial charge in [0.15, 0.2) is 0 Å². The molecule has 1 aliphatic heterocycles. The molecule has 168 valence electrons. The molecular weight excluding hydrogens is 388 g/mol. The predicted molar refractivity (Wildman–Crippen MR) is 125 cm³/mol. The third-order valence-electron chi connectivity index (χ3n) is 6.29. The number of fused-ring (bicyclic) bond motifs is 1. The van der Waals surface area contributed by atoms with Gasteiger partial charge in [-0.25, -0.2) is 0 Å². The normalized spacial score (nSPS) is 15.5. The van der Waals surface area contributed by atoms with Crippen molar-refractivity contribution in [3.63, 3.8) is 0 Å². The number of carbonyl (C=O) groups excluding carboxylic acids is 2. The lowest BCUT2D eigenvalue weighted by molar-refractivity contribution is -0.133. The van der Waals surface area contributed by atoms with Gasteiger partial charge in [0.2, 0.25) is 11.7 Å². The number of nitrogens with zero attached hydrogens (tertiary/aromatic N) is 4. The molecule has 0 bridgehead atoms. The van der Waals surface area contributed by atoms with Crippen molar-refractivity contribution in [1.82, 2.24) is 19.3 Å². The number of amides is 1. The highest BCUT2D eigenvalue weighted by Gasteiger charge is 2.34. The van der Waals surface area contributed by atoms with Gasteiger partial charge in [0, 0.05) is 44.0 Å². The fraction of sp³-hybridized carbons (Fsp3) is 0.520. The number of rotatable bonds is 11. The van der Waals surface area contributed by atoms with E-state index in [1.54, 1.807) is 0 Å². The van der Waals surface area contributed by atoms with Crippen molar-refractivity contribution in [1.29, 1.82) is 0 Å². The Labute approximate surface area is 186 Å². The van der Waals surface area contributed by atoms with Crippen molar-refractivity contribution in [2.75, 3.05) is 53.4 Å². The van der Waals surface area contributed by atoms with Gasteiger partial charge in [0.25, 0.3) is 0 Å². The van der Waals surface area contributed by atoms with Gasteiger partial charge in [-0.15, -0.1) is 0 Å². The van der Waals surface area contributed by atoms with Crippen molar-refractivity contribution < 1.29 is 9.59 Å². The number of aromatic nitrogens is 1. The summed E-state index contributed by atoms with van der Waals surface area (Å²) in [4.78, 5) is 33.0. The van der Waals surface area contributed by atoms with E-state index in [0.29, 0.717) is 17.8 Å². The zero-order valence-corrected chi connectivity index (χ0v) is 19.4. The largest absolute Gasteiger partial charge is 0.341 e. The average Bonchev–Trinajstić information content (AvgIpc) is 3.38. The maximum Gasteiger partial charge on any atom is 0.231 e. The first-order valence-electron chi connectivity index (χ1n) is 11.4. The van der Waals surface area contributed by atoms with Crippen LogP contribution in [0.3, 0.4) is 0 Å². The lowest BCUT2D eigenvalue weighted by Crippen LogP contribution is -2.43. The van der Waals surface area contributed by atoms with E-state index in [9.17, 15) is 9.59 Å². The number of hydrogen-bond donors (Lipinski definition) is 0.